The van der Waals surface area contributed by atoms with Crippen LogP contribution in [-0.4, -0.2) is 21.0 Å². The van der Waals surface area contributed by atoms with Crippen LogP contribution in [0.1, 0.15) is 11.5 Å². The molecule has 0 fully saturated rings. The molecule has 0 unspecified atom stereocenters. The first-order valence-corrected chi connectivity index (χ1v) is 3.36. The normalized spacial score (nSPS) is 9.75. The van der Waals surface area contributed by atoms with Gasteiger partial charge in [-0.2, -0.15) is 0 Å². The monoisotopic (exact) mass is 168 g/mol. The van der Waals surface area contributed by atoms with Gasteiger partial charge in [0.15, 0.2) is 0 Å². The van der Waals surface area contributed by atoms with Gasteiger partial charge in [0.1, 0.15) is 5.82 Å². The van der Waals surface area contributed by atoms with Crippen molar-refractivity contribution in [1.29, 1.82) is 0 Å². The highest BCUT2D eigenvalue weighted by Gasteiger charge is 2.02. The lowest BCUT2D eigenvalue weighted by molar-refractivity contribution is -0.136. The second-order valence-corrected chi connectivity index (χ2v) is 2.39. The molecule has 12 heavy (non-hydrogen) atoms. The molecule has 0 atom stereocenters. The standard InChI is InChI=1S/C7H8N2O3/c1-4-8-5(3-7(11)12)2-6(10)9-4/h2H,3H2,1H3,(H,11,12)(H,8,9,10). The Bertz CT molecular complexity index is 356. The summed E-state index contributed by atoms with van der Waals surface area (Å²) >= 11 is 0. The van der Waals surface area contributed by atoms with E-state index < -0.39 is 5.97 Å². The van der Waals surface area contributed by atoms with Gasteiger partial charge in [-0.05, 0) is 6.92 Å². The lowest BCUT2D eigenvalue weighted by Gasteiger charge is -1.96. The molecule has 0 aliphatic rings. The molecule has 0 saturated carbocycles. The molecule has 0 aromatic carbocycles. The van der Waals surface area contributed by atoms with Gasteiger partial charge in [-0.3, -0.25) is 9.59 Å². The second-order valence-electron chi connectivity index (χ2n) is 2.39. The molecular formula is C7H8N2O3. The van der Waals surface area contributed by atoms with E-state index in [-0.39, 0.29) is 17.7 Å². The van der Waals surface area contributed by atoms with Crippen molar-refractivity contribution in [2.75, 3.05) is 0 Å². The fraction of sp³-hybridized carbons (Fsp3) is 0.286. The zero-order chi connectivity index (χ0) is 9.14. The summed E-state index contributed by atoms with van der Waals surface area (Å²) < 4.78 is 0. The van der Waals surface area contributed by atoms with Gasteiger partial charge in [-0.15, -0.1) is 0 Å². The van der Waals surface area contributed by atoms with Crippen molar-refractivity contribution in [3.63, 3.8) is 0 Å². The van der Waals surface area contributed by atoms with Crippen molar-refractivity contribution in [2.24, 2.45) is 0 Å². The zero-order valence-electron chi connectivity index (χ0n) is 6.50. The number of rotatable bonds is 2. The molecule has 0 radical (unpaired) electrons. The van der Waals surface area contributed by atoms with Crippen LogP contribution in [0.3, 0.4) is 0 Å². The summed E-state index contributed by atoms with van der Waals surface area (Å²) in [6.45, 7) is 1.60. The van der Waals surface area contributed by atoms with Gasteiger partial charge in [0.05, 0.1) is 12.1 Å². The van der Waals surface area contributed by atoms with Crippen LogP contribution in [0.2, 0.25) is 0 Å². The number of H-pyrrole nitrogens is 1. The first-order valence-electron chi connectivity index (χ1n) is 3.36. The molecule has 5 heteroatoms. The second kappa shape index (κ2) is 3.17. The molecule has 1 aromatic heterocycles. The number of hydrogen-bond acceptors (Lipinski definition) is 3. The van der Waals surface area contributed by atoms with E-state index in [1.54, 1.807) is 6.92 Å². The maximum atomic E-state index is 10.8. The highest BCUT2D eigenvalue weighted by atomic mass is 16.4. The molecule has 1 aromatic rings. The Balaban J connectivity index is 3.01. The first-order chi connectivity index (χ1) is 5.58. The van der Waals surface area contributed by atoms with Crippen LogP contribution in [0, 0.1) is 6.92 Å². The maximum Gasteiger partial charge on any atom is 0.309 e. The molecule has 0 bridgehead atoms. The van der Waals surface area contributed by atoms with Gasteiger partial charge in [-0.1, -0.05) is 0 Å². The molecule has 64 valence electrons. The van der Waals surface area contributed by atoms with Crippen LogP contribution in [0.15, 0.2) is 10.9 Å². The quantitative estimate of drug-likeness (QED) is 0.635. The Hall–Kier alpha value is -1.65. The van der Waals surface area contributed by atoms with Gasteiger partial charge in [0.2, 0.25) is 0 Å². The van der Waals surface area contributed by atoms with E-state index in [2.05, 4.69) is 9.97 Å². The van der Waals surface area contributed by atoms with E-state index in [4.69, 9.17) is 5.11 Å². The summed E-state index contributed by atoms with van der Waals surface area (Å²) in [4.78, 5) is 27.3. The van der Waals surface area contributed by atoms with E-state index in [0.717, 1.165) is 0 Å². The van der Waals surface area contributed by atoms with Crippen LogP contribution in [0.4, 0.5) is 0 Å². The van der Waals surface area contributed by atoms with Crippen molar-refractivity contribution >= 4 is 5.97 Å². The number of aromatic nitrogens is 2. The minimum atomic E-state index is -0.993. The number of nitrogens with zero attached hydrogens (tertiary/aromatic N) is 1. The highest BCUT2D eigenvalue weighted by Crippen LogP contribution is 1.91. The highest BCUT2D eigenvalue weighted by molar-refractivity contribution is 5.69. The Labute approximate surface area is 68.1 Å². The van der Waals surface area contributed by atoms with Gasteiger partial charge >= 0.3 is 5.97 Å². The first kappa shape index (κ1) is 8.45. The van der Waals surface area contributed by atoms with Crippen molar-refractivity contribution in [3.05, 3.63) is 27.9 Å². The largest absolute Gasteiger partial charge is 0.481 e. The Morgan fingerprint density at radius 3 is 2.92 bits per heavy atom. The van der Waals surface area contributed by atoms with Crippen molar-refractivity contribution in [3.8, 4) is 0 Å². The number of aliphatic carboxylic acids is 1. The molecule has 1 heterocycles. The number of carboxylic acids is 1. The molecule has 5 nitrogen and oxygen atoms in total. The van der Waals surface area contributed by atoms with E-state index in [1.807, 2.05) is 0 Å². The molecule has 0 spiro atoms. The molecule has 0 amide bonds. The molecule has 0 aliphatic carbocycles. The number of aryl methyl sites for hydroxylation is 1. The number of hydrogen-bond donors (Lipinski definition) is 2. The number of carbonyl (C=O) groups is 1. The Morgan fingerprint density at radius 2 is 2.42 bits per heavy atom. The van der Waals surface area contributed by atoms with Crippen LogP contribution in [0.25, 0.3) is 0 Å². The Morgan fingerprint density at radius 1 is 1.75 bits per heavy atom. The average Bonchev–Trinajstić information content (AvgIpc) is 1.81. The smallest absolute Gasteiger partial charge is 0.309 e. The number of nitrogens with one attached hydrogen (secondary N) is 1. The summed E-state index contributed by atoms with van der Waals surface area (Å²) in [5.74, 6) is -0.564. The van der Waals surface area contributed by atoms with E-state index >= 15 is 0 Å². The van der Waals surface area contributed by atoms with Gasteiger partial charge in [-0.25, -0.2) is 4.98 Å². The van der Waals surface area contributed by atoms with Crippen molar-refractivity contribution in [2.45, 2.75) is 13.3 Å². The minimum absolute atomic E-state index is 0.218. The number of aromatic amines is 1. The van der Waals surface area contributed by atoms with Crippen LogP contribution in [0.5, 0.6) is 0 Å². The van der Waals surface area contributed by atoms with Crippen LogP contribution < -0.4 is 5.56 Å². The fourth-order valence-electron chi connectivity index (χ4n) is 0.887. The molecular weight excluding hydrogens is 160 g/mol. The predicted molar refractivity (Wildman–Crippen MR) is 40.9 cm³/mol. The van der Waals surface area contributed by atoms with Crippen molar-refractivity contribution < 1.29 is 9.90 Å². The summed E-state index contributed by atoms with van der Waals surface area (Å²) in [6.07, 6.45) is -0.218. The van der Waals surface area contributed by atoms with Crippen LogP contribution in [-0.2, 0) is 11.2 Å². The lowest BCUT2D eigenvalue weighted by atomic mass is 10.3. The topological polar surface area (TPSA) is 83.0 Å². The van der Waals surface area contributed by atoms with Crippen molar-refractivity contribution in [1.82, 2.24) is 9.97 Å². The average molecular weight is 168 g/mol. The van der Waals surface area contributed by atoms with Gasteiger partial charge in [0.25, 0.3) is 5.56 Å². The SMILES string of the molecule is Cc1nc(CC(=O)O)cc(=O)[nH]1. The van der Waals surface area contributed by atoms with Crippen LogP contribution >= 0.6 is 0 Å². The number of carboxylic acid groups (broad SMARTS) is 1. The third kappa shape index (κ3) is 2.19. The maximum absolute atomic E-state index is 10.8. The molecule has 0 saturated heterocycles. The third-order valence-corrected chi connectivity index (χ3v) is 1.25. The van der Waals surface area contributed by atoms with E-state index in [1.165, 1.54) is 6.07 Å². The summed E-state index contributed by atoms with van der Waals surface area (Å²) in [7, 11) is 0. The summed E-state index contributed by atoms with van der Waals surface area (Å²) in [5.41, 5.74) is -0.0394. The van der Waals surface area contributed by atoms with E-state index in [9.17, 15) is 9.59 Å². The molecule has 1 rings (SSSR count). The van der Waals surface area contributed by atoms with E-state index in [0.29, 0.717) is 5.82 Å². The summed E-state index contributed by atoms with van der Waals surface area (Å²) in [5, 5.41) is 8.40. The minimum Gasteiger partial charge on any atom is -0.481 e. The molecule has 0 aliphatic heterocycles. The summed E-state index contributed by atoms with van der Waals surface area (Å²) in [6, 6.07) is 1.18. The lowest BCUT2D eigenvalue weighted by Crippen LogP contribution is -2.13. The van der Waals surface area contributed by atoms with Gasteiger partial charge < -0.3 is 10.1 Å². The Kier molecular flexibility index (Phi) is 2.23. The fourth-order valence-corrected chi connectivity index (χ4v) is 0.887. The molecule has 2 N–H and O–H groups in total. The zero-order valence-corrected chi connectivity index (χ0v) is 6.50. The third-order valence-electron chi connectivity index (χ3n) is 1.25. The van der Waals surface area contributed by atoms with Gasteiger partial charge in [0, 0.05) is 6.07 Å². The predicted octanol–water partition coefficient (Wildman–Crippen LogP) is -0.295.